The van der Waals surface area contributed by atoms with E-state index in [1.807, 2.05) is 30.3 Å². The van der Waals surface area contributed by atoms with Crippen molar-refractivity contribution in [3.05, 3.63) is 60.7 Å². The largest absolute Gasteiger partial charge is 0.382 e. The number of nitrogens with one attached hydrogen (secondary N) is 1. The molecular formula is C26H32FN5OS. The molecule has 0 aliphatic carbocycles. The first-order valence-electron chi connectivity index (χ1n) is 11.4. The van der Waals surface area contributed by atoms with Crippen molar-refractivity contribution in [2.75, 3.05) is 12.8 Å². The van der Waals surface area contributed by atoms with Crippen LogP contribution < -0.4 is 10.5 Å². The molecule has 1 unspecified atom stereocenters. The van der Waals surface area contributed by atoms with Crippen molar-refractivity contribution in [3.8, 4) is 22.4 Å². The summed E-state index contributed by atoms with van der Waals surface area (Å²) >= 11 is 0. The number of nitrogens with two attached hydrogens (primary N) is 1. The standard InChI is InChI=1S/C26H32FN5OS/c1-25(2)13-18(14-26(3,4)32(25)5)31-34(33)23-9-7-6-8-19(23)17-10-11-20(21(27)12-17)22-15-30-24(28)16-29-22/h6-12,15-16,18,31H,13-14H2,1-5H3,(H2,28,30). The highest BCUT2D eigenvalue weighted by Crippen LogP contribution is 2.37. The summed E-state index contributed by atoms with van der Waals surface area (Å²) in [6, 6.07) is 12.5. The summed E-state index contributed by atoms with van der Waals surface area (Å²) in [4.78, 5) is 11.2. The number of hydrogen-bond donors (Lipinski definition) is 2. The van der Waals surface area contributed by atoms with E-state index in [9.17, 15) is 4.21 Å². The fourth-order valence-corrected chi connectivity index (χ4v) is 6.09. The number of halogens is 1. The molecule has 0 saturated carbocycles. The third kappa shape index (κ3) is 4.89. The first-order valence-corrected chi connectivity index (χ1v) is 12.5. The number of nitrogens with zero attached hydrogens (tertiary/aromatic N) is 3. The van der Waals surface area contributed by atoms with Crippen molar-refractivity contribution in [1.82, 2.24) is 19.6 Å². The Kier molecular flexibility index (Phi) is 6.59. The number of rotatable bonds is 5. The molecule has 1 fully saturated rings. The van der Waals surface area contributed by atoms with Crippen molar-refractivity contribution in [2.24, 2.45) is 0 Å². The lowest BCUT2D eigenvalue weighted by Gasteiger charge is -2.53. The summed E-state index contributed by atoms with van der Waals surface area (Å²) in [6.45, 7) is 8.87. The van der Waals surface area contributed by atoms with Crippen molar-refractivity contribution in [2.45, 2.75) is 62.6 Å². The molecule has 1 atom stereocenters. The van der Waals surface area contributed by atoms with Crippen molar-refractivity contribution >= 4 is 16.8 Å². The van der Waals surface area contributed by atoms with E-state index in [1.165, 1.54) is 18.5 Å². The SMILES string of the molecule is CN1C(C)(C)CC(NS(=O)c2ccccc2-c2ccc(-c3cnc(N)cn3)c(F)c2)CC1(C)C. The lowest BCUT2D eigenvalue weighted by atomic mass is 9.78. The van der Waals surface area contributed by atoms with Crippen LogP contribution in [0.15, 0.2) is 59.8 Å². The molecular weight excluding hydrogens is 449 g/mol. The van der Waals surface area contributed by atoms with Gasteiger partial charge in [0.1, 0.15) is 22.6 Å². The molecule has 1 aliphatic rings. The lowest BCUT2D eigenvalue weighted by Crippen LogP contribution is -2.62. The van der Waals surface area contributed by atoms with E-state index in [0.29, 0.717) is 21.7 Å². The van der Waals surface area contributed by atoms with E-state index in [-0.39, 0.29) is 22.9 Å². The summed E-state index contributed by atoms with van der Waals surface area (Å²) in [7, 11) is 0.701. The van der Waals surface area contributed by atoms with Gasteiger partial charge in [0.05, 0.1) is 23.0 Å². The highest BCUT2D eigenvalue weighted by atomic mass is 32.2. The average Bonchev–Trinajstić information content (AvgIpc) is 2.78. The van der Waals surface area contributed by atoms with Gasteiger partial charge in [-0.3, -0.25) is 9.88 Å². The number of aromatic nitrogens is 2. The Balaban J connectivity index is 1.60. The quantitative estimate of drug-likeness (QED) is 0.547. The van der Waals surface area contributed by atoms with Crippen molar-refractivity contribution < 1.29 is 8.60 Å². The lowest BCUT2D eigenvalue weighted by molar-refractivity contribution is -0.0138. The maximum atomic E-state index is 15.0. The molecule has 0 spiro atoms. The summed E-state index contributed by atoms with van der Waals surface area (Å²) in [5.74, 6) is -0.148. The maximum absolute atomic E-state index is 15.0. The fourth-order valence-electron chi connectivity index (χ4n) is 4.90. The average molecular weight is 482 g/mol. The van der Waals surface area contributed by atoms with Gasteiger partial charge < -0.3 is 5.73 Å². The Hall–Kier alpha value is -2.68. The minimum Gasteiger partial charge on any atom is -0.382 e. The van der Waals surface area contributed by atoms with Crippen LogP contribution in [-0.2, 0) is 11.0 Å². The first kappa shape index (κ1) is 24.4. The Morgan fingerprint density at radius 1 is 1.03 bits per heavy atom. The topological polar surface area (TPSA) is 84.1 Å². The minimum absolute atomic E-state index is 0.0207. The molecule has 8 heteroatoms. The highest BCUT2D eigenvalue weighted by molar-refractivity contribution is 7.83. The predicted octanol–water partition coefficient (Wildman–Crippen LogP) is 4.80. The van der Waals surface area contributed by atoms with Gasteiger partial charge in [-0.2, -0.15) is 0 Å². The molecule has 6 nitrogen and oxygen atoms in total. The van der Waals surface area contributed by atoms with Crippen LogP contribution in [0.25, 0.3) is 22.4 Å². The van der Waals surface area contributed by atoms with E-state index < -0.39 is 16.8 Å². The van der Waals surface area contributed by atoms with Crippen LogP contribution in [0.5, 0.6) is 0 Å². The Labute approximate surface area is 203 Å². The van der Waals surface area contributed by atoms with Gasteiger partial charge in [0.2, 0.25) is 0 Å². The van der Waals surface area contributed by atoms with Gasteiger partial charge in [0.25, 0.3) is 0 Å². The summed E-state index contributed by atoms with van der Waals surface area (Å²) in [5, 5.41) is 0. The normalized spacial score (nSPS) is 19.1. The second-order valence-electron chi connectivity index (χ2n) is 10.2. The highest BCUT2D eigenvalue weighted by Gasteiger charge is 2.43. The van der Waals surface area contributed by atoms with Crippen LogP contribution >= 0.6 is 0 Å². The first-order chi connectivity index (χ1) is 16.0. The molecule has 0 bridgehead atoms. The molecule has 2 heterocycles. The van der Waals surface area contributed by atoms with Gasteiger partial charge in [-0.05, 0) is 76.9 Å². The zero-order valence-electron chi connectivity index (χ0n) is 20.3. The van der Waals surface area contributed by atoms with Crippen LogP contribution in [0.2, 0.25) is 0 Å². The van der Waals surface area contributed by atoms with Crippen LogP contribution in [0.1, 0.15) is 40.5 Å². The molecule has 0 radical (unpaired) electrons. The number of hydrogen-bond acceptors (Lipinski definition) is 5. The summed E-state index contributed by atoms with van der Waals surface area (Å²) in [5.41, 5.74) is 7.67. The number of benzene rings is 2. The molecule has 2 aromatic carbocycles. The number of piperidine rings is 1. The van der Waals surface area contributed by atoms with E-state index >= 15 is 4.39 Å². The molecule has 1 aromatic heterocycles. The number of nitrogen functional groups attached to an aromatic ring is 1. The van der Waals surface area contributed by atoms with Gasteiger partial charge in [-0.1, -0.05) is 24.3 Å². The zero-order valence-corrected chi connectivity index (χ0v) is 21.1. The van der Waals surface area contributed by atoms with Crippen LogP contribution in [-0.4, -0.2) is 43.2 Å². The zero-order chi connectivity index (χ0) is 24.7. The number of likely N-dealkylation sites (tertiary alicyclic amines) is 1. The van der Waals surface area contributed by atoms with Crippen molar-refractivity contribution in [3.63, 3.8) is 0 Å². The van der Waals surface area contributed by atoms with Gasteiger partial charge in [-0.15, -0.1) is 0 Å². The van der Waals surface area contributed by atoms with Crippen LogP contribution in [0.3, 0.4) is 0 Å². The number of anilines is 1. The van der Waals surface area contributed by atoms with Gasteiger partial charge in [0, 0.05) is 22.7 Å². The Bertz CT molecular complexity index is 1190. The maximum Gasteiger partial charge on any atom is 0.141 e. The van der Waals surface area contributed by atoms with Crippen LogP contribution in [0.4, 0.5) is 10.2 Å². The molecule has 180 valence electrons. The monoisotopic (exact) mass is 481 g/mol. The Morgan fingerprint density at radius 2 is 1.71 bits per heavy atom. The molecule has 1 aliphatic heterocycles. The fraction of sp³-hybridized carbons (Fsp3) is 0.385. The smallest absolute Gasteiger partial charge is 0.141 e. The predicted molar refractivity (Wildman–Crippen MR) is 136 cm³/mol. The molecule has 3 aromatic rings. The van der Waals surface area contributed by atoms with Crippen molar-refractivity contribution in [1.29, 1.82) is 0 Å². The summed E-state index contributed by atoms with van der Waals surface area (Å²) < 4.78 is 31.9. The van der Waals surface area contributed by atoms with E-state index in [4.69, 9.17) is 5.73 Å². The molecule has 3 N–H and O–H groups in total. The second kappa shape index (κ2) is 9.17. The van der Waals surface area contributed by atoms with Gasteiger partial charge in [0.15, 0.2) is 0 Å². The molecule has 34 heavy (non-hydrogen) atoms. The third-order valence-corrected chi connectivity index (χ3v) is 8.20. The second-order valence-corrected chi connectivity index (χ2v) is 11.4. The summed E-state index contributed by atoms with van der Waals surface area (Å²) in [6.07, 6.45) is 4.61. The molecule has 4 rings (SSSR count). The van der Waals surface area contributed by atoms with E-state index in [0.717, 1.165) is 18.4 Å². The van der Waals surface area contributed by atoms with Crippen LogP contribution in [0, 0.1) is 5.82 Å². The van der Waals surface area contributed by atoms with Gasteiger partial charge in [-0.25, -0.2) is 18.3 Å². The minimum atomic E-state index is -1.45. The van der Waals surface area contributed by atoms with Gasteiger partial charge >= 0.3 is 0 Å². The third-order valence-electron chi connectivity index (χ3n) is 6.90. The molecule has 0 amide bonds. The van der Waals surface area contributed by atoms with E-state index in [1.54, 1.807) is 6.07 Å². The van der Waals surface area contributed by atoms with E-state index in [2.05, 4.69) is 54.3 Å². The molecule has 1 saturated heterocycles. The Morgan fingerprint density at radius 3 is 2.32 bits per heavy atom.